The minimum Gasteiger partial charge on any atom is -0.465 e. The highest BCUT2D eigenvalue weighted by Gasteiger charge is 2.34. The van der Waals surface area contributed by atoms with Gasteiger partial charge in [-0.2, -0.15) is 9.40 Å². The van der Waals surface area contributed by atoms with E-state index in [0.717, 1.165) is 24.1 Å². The van der Waals surface area contributed by atoms with E-state index in [1.165, 1.54) is 4.31 Å². The third-order valence-electron chi connectivity index (χ3n) is 6.12. The molecule has 0 unspecified atom stereocenters. The number of esters is 1. The van der Waals surface area contributed by atoms with Gasteiger partial charge in [0, 0.05) is 23.3 Å². The molecule has 0 aliphatic heterocycles. The smallest absolute Gasteiger partial charge is 0.327 e. The predicted molar refractivity (Wildman–Crippen MR) is 132 cm³/mol. The lowest BCUT2D eigenvalue weighted by Crippen LogP contribution is -2.33. The first kappa shape index (κ1) is 25.2. The highest BCUT2D eigenvalue weighted by molar-refractivity contribution is 7.89. The molecule has 4 rings (SSSR count). The van der Waals surface area contributed by atoms with Crippen LogP contribution in [0.4, 0.5) is 0 Å². The Kier molecular flexibility index (Phi) is 7.49. The van der Waals surface area contributed by atoms with Crippen LogP contribution in [0.2, 0.25) is 5.02 Å². The van der Waals surface area contributed by atoms with Crippen molar-refractivity contribution in [2.45, 2.75) is 50.6 Å². The number of aromatic nitrogens is 2. The van der Waals surface area contributed by atoms with Gasteiger partial charge in [0.1, 0.15) is 18.0 Å². The lowest BCUT2D eigenvalue weighted by molar-refractivity contribution is -0.144. The third-order valence-corrected chi connectivity index (χ3v) is 8.23. The molecule has 186 valence electrons. The van der Waals surface area contributed by atoms with Gasteiger partial charge in [-0.1, -0.05) is 11.6 Å². The number of aryl methyl sites for hydroxylation is 1. The number of hydrogen-bond donors (Lipinski definition) is 0. The molecule has 0 N–H and O–H groups in total. The maximum Gasteiger partial charge on any atom is 0.327 e. The molecule has 3 aromatic rings. The number of ether oxygens (including phenoxy) is 2. The summed E-state index contributed by atoms with van der Waals surface area (Å²) in [5.74, 6) is 0.812. The van der Waals surface area contributed by atoms with Crippen LogP contribution in [0.5, 0.6) is 11.5 Å². The van der Waals surface area contributed by atoms with Gasteiger partial charge in [-0.3, -0.25) is 9.48 Å². The van der Waals surface area contributed by atoms with Gasteiger partial charge in [0.2, 0.25) is 10.0 Å². The van der Waals surface area contributed by atoms with Crippen molar-refractivity contribution >= 4 is 27.6 Å². The van der Waals surface area contributed by atoms with E-state index in [1.54, 1.807) is 67.3 Å². The Hall–Kier alpha value is -2.88. The SMILES string of the molecule is CCOC(=O)Cn1ncc2c1CCC[C@H]2N(C)S(=O)(=O)c1ccc(Oc2ccc(Cl)cc2)c(C)c1. The summed E-state index contributed by atoms with van der Waals surface area (Å²) in [4.78, 5) is 12.1. The third kappa shape index (κ3) is 5.37. The van der Waals surface area contributed by atoms with Gasteiger partial charge in [0.05, 0.1) is 23.7 Å². The second-order valence-corrected chi connectivity index (χ2v) is 10.9. The van der Waals surface area contributed by atoms with Crippen LogP contribution in [0.25, 0.3) is 0 Å². The van der Waals surface area contributed by atoms with E-state index in [9.17, 15) is 13.2 Å². The van der Waals surface area contributed by atoms with Gasteiger partial charge >= 0.3 is 5.97 Å². The molecular formula is C25H28ClN3O5S. The number of halogens is 1. The number of rotatable bonds is 8. The standard InChI is InChI=1S/C25H28ClN3O5S/c1-4-33-25(30)16-29-23-7-5-6-22(21(23)15-27-29)28(3)35(31,32)20-12-13-24(17(2)14-20)34-19-10-8-18(26)9-11-19/h8-15,22H,4-7,16H2,1-3H3/t22-/m1/s1. The van der Waals surface area contributed by atoms with Crippen molar-refractivity contribution in [3.05, 3.63) is 70.5 Å². The Bertz CT molecular complexity index is 1320. The monoisotopic (exact) mass is 517 g/mol. The second-order valence-electron chi connectivity index (χ2n) is 8.42. The van der Waals surface area contributed by atoms with Gasteiger partial charge in [-0.25, -0.2) is 8.42 Å². The lowest BCUT2D eigenvalue weighted by Gasteiger charge is -2.31. The Morgan fingerprint density at radius 2 is 1.97 bits per heavy atom. The van der Waals surface area contributed by atoms with Gasteiger partial charge < -0.3 is 9.47 Å². The Balaban J connectivity index is 1.56. The number of nitrogens with zero attached hydrogens (tertiary/aromatic N) is 3. The fraction of sp³-hybridized carbons (Fsp3) is 0.360. The zero-order chi connectivity index (χ0) is 25.2. The average molecular weight is 518 g/mol. The summed E-state index contributed by atoms with van der Waals surface area (Å²) < 4.78 is 41.0. The number of benzene rings is 2. The molecular weight excluding hydrogens is 490 g/mol. The van der Waals surface area contributed by atoms with Gasteiger partial charge in [-0.15, -0.1) is 0 Å². The zero-order valence-electron chi connectivity index (χ0n) is 19.9. The number of hydrogen-bond acceptors (Lipinski definition) is 6. The van der Waals surface area contributed by atoms with Crippen molar-refractivity contribution in [3.63, 3.8) is 0 Å². The first-order valence-corrected chi connectivity index (χ1v) is 13.2. The molecule has 0 amide bonds. The summed E-state index contributed by atoms with van der Waals surface area (Å²) >= 11 is 5.93. The molecule has 1 heterocycles. The van der Waals surface area contributed by atoms with Crippen LogP contribution >= 0.6 is 11.6 Å². The Labute approximate surface area is 210 Å². The topological polar surface area (TPSA) is 90.7 Å². The minimum atomic E-state index is -3.79. The molecule has 1 atom stereocenters. The van der Waals surface area contributed by atoms with E-state index in [-0.39, 0.29) is 23.5 Å². The van der Waals surface area contributed by atoms with E-state index in [4.69, 9.17) is 21.1 Å². The summed E-state index contributed by atoms with van der Waals surface area (Å²) in [5, 5.41) is 4.96. The summed E-state index contributed by atoms with van der Waals surface area (Å²) in [6, 6.07) is 11.4. The highest BCUT2D eigenvalue weighted by Crippen LogP contribution is 2.37. The summed E-state index contributed by atoms with van der Waals surface area (Å²) in [6.07, 6.45) is 3.86. The molecule has 0 radical (unpaired) electrons. The average Bonchev–Trinajstić information content (AvgIpc) is 3.24. The van der Waals surface area contributed by atoms with Crippen LogP contribution in [0, 0.1) is 6.92 Å². The second kappa shape index (κ2) is 10.4. The molecule has 35 heavy (non-hydrogen) atoms. The number of fused-ring (bicyclic) bond motifs is 1. The molecule has 1 aromatic heterocycles. The van der Waals surface area contributed by atoms with Crippen molar-refractivity contribution in [1.82, 2.24) is 14.1 Å². The first-order valence-electron chi connectivity index (χ1n) is 11.4. The fourth-order valence-electron chi connectivity index (χ4n) is 4.30. The maximum atomic E-state index is 13.5. The van der Waals surface area contributed by atoms with Crippen molar-refractivity contribution in [2.24, 2.45) is 0 Å². The molecule has 0 fully saturated rings. The van der Waals surface area contributed by atoms with Crippen molar-refractivity contribution < 1.29 is 22.7 Å². The molecule has 1 aliphatic rings. The Morgan fingerprint density at radius 3 is 2.66 bits per heavy atom. The van der Waals surface area contributed by atoms with Gasteiger partial charge in [-0.05, 0) is 81.1 Å². The van der Waals surface area contributed by atoms with E-state index >= 15 is 0 Å². The number of carbonyl (C=O) groups is 1. The summed E-state index contributed by atoms with van der Waals surface area (Å²) in [5.41, 5.74) is 2.39. The zero-order valence-corrected chi connectivity index (χ0v) is 21.5. The molecule has 0 bridgehead atoms. The normalized spacial score (nSPS) is 15.6. The number of sulfonamides is 1. The Morgan fingerprint density at radius 1 is 1.23 bits per heavy atom. The van der Waals surface area contributed by atoms with Crippen LogP contribution in [-0.2, 0) is 32.5 Å². The lowest BCUT2D eigenvalue weighted by atomic mass is 9.93. The molecule has 2 aromatic carbocycles. The molecule has 8 nitrogen and oxygen atoms in total. The first-order chi connectivity index (χ1) is 16.7. The molecule has 1 aliphatic carbocycles. The van der Waals surface area contributed by atoms with E-state index < -0.39 is 10.0 Å². The summed E-state index contributed by atoms with van der Waals surface area (Å²) in [7, 11) is -2.20. The van der Waals surface area contributed by atoms with E-state index in [2.05, 4.69) is 5.10 Å². The number of carbonyl (C=O) groups excluding carboxylic acids is 1. The van der Waals surface area contributed by atoms with Crippen LogP contribution in [0.1, 0.15) is 42.6 Å². The molecule has 10 heteroatoms. The highest BCUT2D eigenvalue weighted by atomic mass is 35.5. The van der Waals surface area contributed by atoms with Gasteiger partial charge in [0.25, 0.3) is 0 Å². The fourth-order valence-corrected chi connectivity index (χ4v) is 5.88. The van der Waals surface area contributed by atoms with E-state index in [0.29, 0.717) is 35.1 Å². The predicted octanol–water partition coefficient (Wildman–Crippen LogP) is 4.90. The van der Waals surface area contributed by atoms with Crippen LogP contribution in [0.3, 0.4) is 0 Å². The van der Waals surface area contributed by atoms with Crippen LogP contribution < -0.4 is 4.74 Å². The molecule has 0 saturated heterocycles. The van der Waals surface area contributed by atoms with Crippen LogP contribution in [0.15, 0.2) is 53.6 Å². The summed E-state index contributed by atoms with van der Waals surface area (Å²) in [6.45, 7) is 3.88. The molecule has 0 saturated carbocycles. The van der Waals surface area contributed by atoms with Crippen LogP contribution in [-0.4, -0.2) is 42.1 Å². The molecule has 0 spiro atoms. The van der Waals surface area contributed by atoms with Crippen molar-refractivity contribution in [1.29, 1.82) is 0 Å². The largest absolute Gasteiger partial charge is 0.465 e. The van der Waals surface area contributed by atoms with E-state index in [1.807, 2.05) is 6.92 Å². The quantitative estimate of drug-likeness (QED) is 0.395. The van der Waals surface area contributed by atoms with Gasteiger partial charge in [0.15, 0.2) is 0 Å². The minimum absolute atomic E-state index is 0.0145. The maximum absolute atomic E-state index is 13.5. The van der Waals surface area contributed by atoms with Crippen molar-refractivity contribution in [2.75, 3.05) is 13.7 Å². The van der Waals surface area contributed by atoms with Crippen molar-refractivity contribution in [3.8, 4) is 11.5 Å².